The van der Waals surface area contributed by atoms with Crippen molar-refractivity contribution >= 4 is 5.91 Å². The predicted octanol–water partition coefficient (Wildman–Crippen LogP) is 0.522. The Hall–Kier alpha value is -1.67. The quantitative estimate of drug-likeness (QED) is 0.778. The van der Waals surface area contributed by atoms with Gasteiger partial charge in [-0.1, -0.05) is 12.8 Å². The summed E-state index contributed by atoms with van der Waals surface area (Å²) in [4.78, 5) is 23.8. The van der Waals surface area contributed by atoms with Crippen LogP contribution in [-0.4, -0.2) is 52.6 Å². The Bertz CT molecular complexity index is 620. The summed E-state index contributed by atoms with van der Waals surface area (Å²) in [5, 5.41) is 9.71. The fourth-order valence-electron chi connectivity index (χ4n) is 3.72. The monoisotopic (exact) mass is 352 g/mol. The van der Waals surface area contributed by atoms with Crippen LogP contribution in [0.15, 0.2) is 4.79 Å². The van der Waals surface area contributed by atoms with E-state index >= 15 is 0 Å². The van der Waals surface area contributed by atoms with Gasteiger partial charge in [-0.05, 0) is 31.6 Å². The second-order valence-electron chi connectivity index (χ2n) is 7.05. The Morgan fingerprint density at radius 1 is 1.32 bits per heavy atom. The maximum absolute atomic E-state index is 12.3. The summed E-state index contributed by atoms with van der Waals surface area (Å²) in [5.74, 6) is 0.989. The molecule has 1 saturated carbocycles. The summed E-state index contributed by atoms with van der Waals surface area (Å²) in [7, 11) is 1.72. The van der Waals surface area contributed by atoms with Gasteiger partial charge in [0.1, 0.15) is 12.4 Å². The van der Waals surface area contributed by atoms with Crippen molar-refractivity contribution in [1.82, 2.24) is 20.1 Å². The minimum Gasteiger partial charge on any atom is -0.381 e. The molecular weight excluding hydrogens is 324 g/mol. The summed E-state index contributed by atoms with van der Waals surface area (Å²) in [6, 6.07) is 0.117. The van der Waals surface area contributed by atoms with Crippen molar-refractivity contribution in [2.24, 2.45) is 13.0 Å². The molecule has 2 N–H and O–H groups in total. The van der Waals surface area contributed by atoms with Gasteiger partial charge in [-0.3, -0.25) is 9.36 Å². The van der Waals surface area contributed by atoms with Crippen molar-refractivity contribution in [3.05, 3.63) is 16.3 Å². The number of H-pyrrole nitrogens is 1. The Balaban J connectivity index is 1.50. The minimum absolute atomic E-state index is 0.0562. The van der Waals surface area contributed by atoms with Crippen molar-refractivity contribution in [3.8, 4) is 0 Å². The number of ether oxygens (including phenoxy) is 2. The highest BCUT2D eigenvalue weighted by atomic mass is 16.5. The maximum atomic E-state index is 12.3. The highest BCUT2D eigenvalue weighted by molar-refractivity contribution is 5.77. The third kappa shape index (κ3) is 4.92. The number of carbonyl (C=O) groups excluding carboxylic acids is 1. The molecular formula is C17H28N4O4. The lowest BCUT2D eigenvalue weighted by molar-refractivity contribution is -0.131. The van der Waals surface area contributed by atoms with Crippen molar-refractivity contribution in [2.45, 2.75) is 57.1 Å². The molecule has 0 radical (unpaired) electrons. The molecule has 1 aromatic rings. The third-order valence-corrected chi connectivity index (χ3v) is 5.29. The van der Waals surface area contributed by atoms with E-state index in [2.05, 4.69) is 15.5 Å². The first kappa shape index (κ1) is 18.1. The molecule has 1 aromatic heterocycles. The summed E-state index contributed by atoms with van der Waals surface area (Å²) >= 11 is 0. The average molecular weight is 352 g/mol. The van der Waals surface area contributed by atoms with E-state index in [-0.39, 0.29) is 30.3 Å². The molecule has 2 heterocycles. The molecule has 1 aliphatic carbocycles. The van der Waals surface area contributed by atoms with Crippen LogP contribution in [0.1, 0.15) is 44.3 Å². The van der Waals surface area contributed by atoms with Crippen LogP contribution in [0.3, 0.4) is 0 Å². The molecule has 8 nitrogen and oxygen atoms in total. The Morgan fingerprint density at radius 3 is 2.80 bits per heavy atom. The zero-order valence-electron chi connectivity index (χ0n) is 14.8. The van der Waals surface area contributed by atoms with E-state index in [9.17, 15) is 9.59 Å². The minimum atomic E-state index is -0.198. The molecule has 1 saturated heterocycles. The van der Waals surface area contributed by atoms with Gasteiger partial charge in [-0.15, -0.1) is 0 Å². The molecule has 0 unspecified atom stereocenters. The molecule has 140 valence electrons. The number of nitrogens with one attached hydrogen (secondary N) is 2. The van der Waals surface area contributed by atoms with Gasteiger partial charge < -0.3 is 14.8 Å². The molecule has 8 heteroatoms. The predicted molar refractivity (Wildman–Crippen MR) is 91.2 cm³/mol. The molecule has 2 fully saturated rings. The summed E-state index contributed by atoms with van der Waals surface area (Å²) in [6.07, 6.45) is 6.79. The Labute approximate surface area is 147 Å². The van der Waals surface area contributed by atoms with Crippen molar-refractivity contribution < 1.29 is 14.3 Å². The maximum Gasteiger partial charge on any atom is 0.343 e. The first-order valence-electron chi connectivity index (χ1n) is 9.22. The second-order valence-corrected chi connectivity index (χ2v) is 7.05. The Kier molecular flexibility index (Phi) is 6.25. The van der Waals surface area contributed by atoms with Gasteiger partial charge >= 0.3 is 5.69 Å². The van der Waals surface area contributed by atoms with Crippen LogP contribution in [0.4, 0.5) is 0 Å². The molecule has 0 aromatic carbocycles. The topological polar surface area (TPSA) is 98.2 Å². The first-order valence-corrected chi connectivity index (χ1v) is 9.22. The van der Waals surface area contributed by atoms with Crippen LogP contribution < -0.4 is 11.0 Å². The SMILES string of the molecule is Cn1c(C[C@H]2CCCC[C@H]2NC(=O)COC2CCOCC2)n[nH]c1=O. The third-order valence-electron chi connectivity index (χ3n) is 5.29. The van der Waals surface area contributed by atoms with Gasteiger partial charge in [0, 0.05) is 32.7 Å². The molecule has 0 spiro atoms. The molecule has 2 atom stereocenters. The Morgan fingerprint density at radius 2 is 2.08 bits per heavy atom. The highest BCUT2D eigenvalue weighted by Crippen LogP contribution is 2.27. The molecule has 1 amide bonds. The normalized spacial score (nSPS) is 25.0. The van der Waals surface area contributed by atoms with E-state index in [1.54, 1.807) is 11.6 Å². The number of nitrogens with zero attached hydrogens (tertiary/aromatic N) is 2. The molecule has 2 aliphatic rings. The van der Waals surface area contributed by atoms with Gasteiger partial charge in [-0.25, -0.2) is 9.89 Å². The van der Waals surface area contributed by atoms with Crippen LogP contribution in [-0.2, 0) is 27.7 Å². The van der Waals surface area contributed by atoms with E-state index in [4.69, 9.17) is 9.47 Å². The molecule has 25 heavy (non-hydrogen) atoms. The summed E-state index contributed by atoms with van der Waals surface area (Å²) in [5.41, 5.74) is -0.198. The molecule has 3 rings (SSSR count). The number of rotatable bonds is 6. The number of hydrogen-bond donors (Lipinski definition) is 2. The van der Waals surface area contributed by atoms with E-state index in [0.29, 0.717) is 25.6 Å². The summed E-state index contributed by atoms with van der Waals surface area (Å²) in [6.45, 7) is 1.52. The van der Waals surface area contributed by atoms with Gasteiger partial charge in [0.05, 0.1) is 6.10 Å². The molecule has 0 bridgehead atoms. The van der Waals surface area contributed by atoms with E-state index in [1.165, 1.54) is 0 Å². The largest absolute Gasteiger partial charge is 0.381 e. The zero-order valence-corrected chi connectivity index (χ0v) is 14.8. The number of amides is 1. The summed E-state index contributed by atoms with van der Waals surface area (Å²) < 4.78 is 12.5. The van der Waals surface area contributed by atoms with Crippen LogP contribution in [0.2, 0.25) is 0 Å². The lowest BCUT2D eigenvalue weighted by Gasteiger charge is -2.32. The van der Waals surface area contributed by atoms with Gasteiger partial charge in [-0.2, -0.15) is 5.10 Å². The number of aromatic amines is 1. The van der Waals surface area contributed by atoms with Crippen molar-refractivity contribution in [2.75, 3.05) is 19.8 Å². The van der Waals surface area contributed by atoms with Crippen LogP contribution in [0, 0.1) is 5.92 Å². The standard InChI is InChI=1S/C17H28N4O4/c1-21-15(19-20-17(21)23)10-12-4-2-3-5-14(12)18-16(22)11-25-13-6-8-24-9-7-13/h12-14H,2-11H2,1H3,(H,18,22)(H,20,23)/t12-,14-/m1/s1. The number of aromatic nitrogens is 3. The first-order chi connectivity index (χ1) is 12.1. The van der Waals surface area contributed by atoms with E-state index in [0.717, 1.165) is 44.3 Å². The second kappa shape index (κ2) is 8.62. The zero-order chi connectivity index (χ0) is 17.6. The number of carbonyl (C=O) groups is 1. The highest BCUT2D eigenvalue weighted by Gasteiger charge is 2.28. The van der Waals surface area contributed by atoms with Crippen LogP contribution >= 0.6 is 0 Å². The number of hydrogen-bond acceptors (Lipinski definition) is 5. The van der Waals surface area contributed by atoms with Crippen LogP contribution in [0.5, 0.6) is 0 Å². The lowest BCUT2D eigenvalue weighted by Crippen LogP contribution is -2.45. The van der Waals surface area contributed by atoms with Crippen molar-refractivity contribution in [1.29, 1.82) is 0 Å². The van der Waals surface area contributed by atoms with Gasteiger partial charge in [0.15, 0.2) is 0 Å². The lowest BCUT2D eigenvalue weighted by atomic mass is 9.82. The molecule has 1 aliphatic heterocycles. The van der Waals surface area contributed by atoms with Gasteiger partial charge in [0.25, 0.3) is 0 Å². The smallest absolute Gasteiger partial charge is 0.343 e. The van der Waals surface area contributed by atoms with E-state index < -0.39 is 0 Å². The van der Waals surface area contributed by atoms with Crippen LogP contribution in [0.25, 0.3) is 0 Å². The van der Waals surface area contributed by atoms with Gasteiger partial charge in [0.2, 0.25) is 5.91 Å². The fraction of sp³-hybridized carbons (Fsp3) is 0.824. The fourth-order valence-corrected chi connectivity index (χ4v) is 3.72. The van der Waals surface area contributed by atoms with Crippen molar-refractivity contribution in [3.63, 3.8) is 0 Å². The van der Waals surface area contributed by atoms with E-state index in [1.807, 2.05) is 0 Å². The average Bonchev–Trinajstić information content (AvgIpc) is 2.95.